The maximum absolute atomic E-state index is 5.39. The molecule has 6 heteroatoms. The minimum absolute atomic E-state index is 0.0196. The molecule has 4 saturated heterocycles. The van der Waals surface area contributed by atoms with E-state index in [1.54, 1.807) is 11.1 Å². The molecule has 5 fully saturated rings. The first-order chi connectivity index (χ1) is 37.5. The van der Waals surface area contributed by atoms with Gasteiger partial charge in [-0.15, -0.1) is 0 Å². The highest BCUT2D eigenvalue weighted by Gasteiger charge is 2.17. The summed E-state index contributed by atoms with van der Waals surface area (Å²) < 4.78 is 31.5. The SMILES string of the molecule is CC1=CCC(C)CC1.CC1=CCC(C)CC1.CC1C=CC(C)CC1.CC1CCC(C)CC1.CC1CCC(C)OC1.CC1CCC(C)OC1.CC1COC(C)OC1.CC1COC(C)OC1.Cc1ccc(Cc2ccc(C)cc2)cc1. The molecule has 2 aromatic carbocycles. The standard InChI is InChI=1S/C15H16.C8H16.3C8H14.2C7H14O.2C6H12O2/c1-12-3-7-14(8-4-12)11-15-9-5-13(2)6-10-15;4*1-7-3-5-8(2)6-4-7;2*1-6-3-4-7(2)8-5-6;2*1-5-3-7-6(2)8-4-5/h3-10H,11H2,1-2H3;7-8H,3-6H2,1-2H3;2*3,8H,4-6H2,1-2H3;3,5,7-8H,4,6H2,1-2H3;2*6-7H,3-5H2,1-2H3;2*5-6H,3-4H2,1-2H3. The first kappa shape index (κ1) is 72.5. The summed E-state index contributed by atoms with van der Waals surface area (Å²) in [6.45, 7) is 44.8. The smallest absolute Gasteiger partial charge is 0.154 e. The van der Waals surface area contributed by atoms with Gasteiger partial charge in [0, 0.05) is 25.0 Å². The van der Waals surface area contributed by atoms with Crippen molar-refractivity contribution in [1.82, 2.24) is 0 Å². The summed E-state index contributed by atoms with van der Waals surface area (Å²) in [4.78, 5) is 0. The maximum atomic E-state index is 5.39. The molecule has 6 nitrogen and oxygen atoms in total. The predicted octanol–water partition coefficient (Wildman–Crippen LogP) is 20.5. The van der Waals surface area contributed by atoms with E-state index in [0.717, 1.165) is 93.4 Å². The van der Waals surface area contributed by atoms with Crippen molar-refractivity contribution in [3.8, 4) is 0 Å². The van der Waals surface area contributed by atoms with Gasteiger partial charge in [-0.05, 0) is 197 Å². The molecule has 0 aromatic heterocycles. The lowest BCUT2D eigenvalue weighted by molar-refractivity contribution is -0.187. The van der Waals surface area contributed by atoms with E-state index in [9.17, 15) is 0 Å². The Morgan fingerprint density at radius 2 is 0.620 bits per heavy atom. The van der Waals surface area contributed by atoms with Gasteiger partial charge >= 0.3 is 0 Å². The van der Waals surface area contributed by atoms with Crippen LogP contribution >= 0.6 is 0 Å². The minimum Gasteiger partial charge on any atom is -0.378 e. The van der Waals surface area contributed by atoms with Crippen LogP contribution in [0.3, 0.4) is 0 Å². The predicted molar refractivity (Wildman–Crippen MR) is 341 cm³/mol. The number of rotatable bonds is 2. The second kappa shape index (κ2) is 43.1. The molecule has 0 radical (unpaired) electrons. The number of ether oxygens (including phenoxy) is 6. The van der Waals surface area contributed by atoms with Crippen LogP contribution in [0.1, 0.15) is 236 Å². The van der Waals surface area contributed by atoms with Gasteiger partial charge in [0.2, 0.25) is 0 Å². The highest BCUT2D eigenvalue weighted by Crippen LogP contribution is 2.28. The molecule has 0 amide bonds. The third-order valence-corrected chi connectivity index (χ3v) is 16.5. The van der Waals surface area contributed by atoms with E-state index in [-0.39, 0.29) is 12.6 Å². The van der Waals surface area contributed by atoms with Crippen LogP contribution in [-0.4, -0.2) is 64.4 Å². The van der Waals surface area contributed by atoms with Gasteiger partial charge in [-0.2, -0.15) is 0 Å². The second-order valence-corrected chi connectivity index (χ2v) is 26.6. The van der Waals surface area contributed by atoms with Gasteiger partial charge in [-0.1, -0.05) is 190 Å². The lowest BCUT2D eigenvalue weighted by Crippen LogP contribution is -2.27. The van der Waals surface area contributed by atoms with Crippen LogP contribution in [-0.2, 0) is 34.8 Å². The fourth-order valence-corrected chi connectivity index (χ4v) is 9.79. The van der Waals surface area contributed by atoms with Gasteiger partial charge in [0.1, 0.15) is 0 Å². The number of hydrogen-bond acceptors (Lipinski definition) is 6. The molecule has 4 aliphatic carbocycles. The van der Waals surface area contributed by atoms with Gasteiger partial charge in [-0.25, -0.2) is 0 Å². The van der Waals surface area contributed by atoms with Gasteiger partial charge in [0.15, 0.2) is 12.6 Å². The normalized spacial score (nSPS) is 31.9. The van der Waals surface area contributed by atoms with Crippen LogP contribution in [0.2, 0.25) is 0 Å². The van der Waals surface area contributed by atoms with Gasteiger partial charge < -0.3 is 28.4 Å². The molecule has 454 valence electrons. The van der Waals surface area contributed by atoms with Gasteiger partial charge in [0.25, 0.3) is 0 Å². The summed E-state index contributed by atoms with van der Waals surface area (Å²) in [7, 11) is 0. The van der Waals surface area contributed by atoms with Crippen molar-refractivity contribution in [1.29, 1.82) is 0 Å². The first-order valence-corrected chi connectivity index (χ1v) is 32.3. The fourth-order valence-electron chi connectivity index (χ4n) is 9.79. The van der Waals surface area contributed by atoms with E-state index in [1.165, 1.54) is 125 Å². The van der Waals surface area contributed by atoms with Crippen molar-refractivity contribution in [2.45, 2.75) is 259 Å². The summed E-state index contributed by atoms with van der Waals surface area (Å²) in [6.07, 6.45) is 33.5. The van der Waals surface area contributed by atoms with Crippen molar-refractivity contribution in [2.24, 2.45) is 59.2 Å². The molecule has 0 spiro atoms. The average Bonchev–Trinajstić information content (AvgIpc) is 3.44. The summed E-state index contributed by atoms with van der Waals surface area (Å²) in [5.41, 5.74) is 8.57. The average molecular weight is 1100 g/mol. The fraction of sp³-hybridized carbons (Fsp3) is 0.753. The summed E-state index contributed by atoms with van der Waals surface area (Å²) >= 11 is 0. The molecule has 0 bridgehead atoms. The molecule has 10 rings (SSSR count). The maximum Gasteiger partial charge on any atom is 0.154 e. The Labute approximate surface area is 489 Å². The van der Waals surface area contributed by atoms with Gasteiger partial charge in [0.05, 0.1) is 38.6 Å². The number of allylic oxidation sites excluding steroid dienone is 6. The zero-order valence-corrected chi connectivity index (χ0v) is 54.7. The monoisotopic (exact) mass is 1100 g/mol. The molecule has 4 aliphatic heterocycles. The number of aryl methyl sites for hydroxylation is 2. The van der Waals surface area contributed by atoms with Crippen molar-refractivity contribution in [3.63, 3.8) is 0 Å². The Morgan fingerprint density at radius 3 is 0.848 bits per heavy atom. The summed E-state index contributed by atoms with van der Waals surface area (Å²) in [5.74, 6) is 8.35. The first-order valence-electron chi connectivity index (χ1n) is 32.3. The third-order valence-electron chi connectivity index (χ3n) is 16.5. The van der Waals surface area contributed by atoms with Crippen LogP contribution in [0.5, 0.6) is 0 Å². The molecule has 0 N–H and O–H groups in total. The van der Waals surface area contributed by atoms with Crippen LogP contribution in [0.15, 0.2) is 84.0 Å². The summed E-state index contributed by atoms with van der Waals surface area (Å²) in [5, 5.41) is 0. The lowest BCUT2D eigenvalue weighted by atomic mass is 9.84. The topological polar surface area (TPSA) is 55.4 Å². The van der Waals surface area contributed by atoms with E-state index in [4.69, 9.17) is 28.4 Å². The number of hydrogen-bond donors (Lipinski definition) is 0. The number of benzene rings is 2. The molecular formula is C73H126O6. The Kier molecular flexibility index (Phi) is 39.6. The van der Waals surface area contributed by atoms with E-state index < -0.39 is 0 Å². The van der Waals surface area contributed by atoms with Gasteiger partial charge in [-0.3, -0.25) is 0 Å². The Bertz CT molecular complexity index is 1580. The molecule has 8 unspecified atom stereocenters. The van der Waals surface area contributed by atoms with E-state index in [2.05, 4.69) is 184 Å². The van der Waals surface area contributed by atoms with E-state index in [1.807, 2.05) is 13.8 Å². The van der Waals surface area contributed by atoms with E-state index in [0.29, 0.717) is 24.0 Å². The molecule has 1 saturated carbocycles. The minimum atomic E-state index is 0.0196. The molecular weight excluding hydrogens is 973 g/mol. The summed E-state index contributed by atoms with van der Waals surface area (Å²) in [6, 6.07) is 17.5. The lowest BCUT2D eigenvalue weighted by Gasteiger charge is -2.24. The zero-order valence-electron chi connectivity index (χ0n) is 54.7. The molecule has 2 aromatic rings. The highest BCUT2D eigenvalue weighted by atomic mass is 16.7. The Morgan fingerprint density at radius 1 is 0.316 bits per heavy atom. The zero-order chi connectivity index (χ0) is 58.5. The van der Waals surface area contributed by atoms with Crippen molar-refractivity contribution < 1.29 is 28.4 Å². The van der Waals surface area contributed by atoms with Crippen LogP contribution in [0.4, 0.5) is 0 Å². The Hall–Kier alpha value is -2.58. The van der Waals surface area contributed by atoms with Crippen molar-refractivity contribution >= 4 is 0 Å². The van der Waals surface area contributed by atoms with E-state index >= 15 is 0 Å². The largest absolute Gasteiger partial charge is 0.378 e. The van der Waals surface area contributed by atoms with Crippen LogP contribution < -0.4 is 0 Å². The second-order valence-electron chi connectivity index (χ2n) is 26.6. The third kappa shape index (κ3) is 39.5. The molecule has 8 aliphatic rings. The van der Waals surface area contributed by atoms with Crippen molar-refractivity contribution in [2.75, 3.05) is 39.6 Å². The molecule has 8 atom stereocenters. The molecule has 4 heterocycles. The highest BCUT2D eigenvalue weighted by molar-refractivity contribution is 5.29. The quantitative estimate of drug-likeness (QED) is 0.279. The molecule has 79 heavy (non-hydrogen) atoms. The van der Waals surface area contributed by atoms with Crippen molar-refractivity contribution in [3.05, 3.63) is 106 Å². The van der Waals surface area contributed by atoms with Crippen LogP contribution in [0.25, 0.3) is 0 Å². The Balaban J connectivity index is 0.000000307. The van der Waals surface area contributed by atoms with Crippen LogP contribution in [0, 0.1) is 73.0 Å².